The Morgan fingerprint density at radius 3 is 2.42 bits per heavy atom. The molecule has 1 aromatic heterocycles. The smallest absolute Gasteiger partial charge is 0.313 e. The lowest BCUT2D eigenvalue weighted by Crippen LogP contribution is -2.12. The van der Waals surface area contributed by atoms with Gasteiger partial charge in [0.25, 0.3) is 5.89 Å². The summed E-state index contributed by atoms with van der Waals surface area (Å²) in [5, 5.41) is 9.87. The summed E-state index contributed by atoms with van der Waals surface area (Å²) in [5.41, 5.74) is 1.12. The van der Waals surface area contributed by atoms with Crippen molar-refractivity contribution < 1.29 is 18.4 Å². The Morgan fingerprint density at radius 2 is 1.75 bits per heavy atom. The predicted molar refractivity (Wildman–Crippen MR) is 84.1 cm³/mol. The van der Waals surface area contributed by atoms with Gasteiger partial charge in [-0.1, -0.05) is 12.1 Å². The molecule has 7 heteroatoms. The average Bonchev–Trinajstić information content (AvgIpc) is 3.05. The lowest BCUT2D eigenvalue weighted by Gasteiger charge is -2.02. The number of anilines is 1. The van der Waals surface area contributed by atoms with Crippen LogP contribution in [0.1, 0.15) is 28.0 Å². The molecule has 0 aliphatic rings. The summed E-state index contributed by atoms with van der Waals surface area (Å²) in [6.45, 7) is 1.45. The van der Waals surface area contributed by atoms with E-state index >= 15 is 0 Å². The highest BCUT2D eigenvalue weighted by Crippen LogP contribution is 2.21. The molecule has 0 aliphatic heterocycles. The van der Waals surface area contributed by atoms with Crippen LogP contribution in [0.15, 0.2) is 52.9 Å². The zero-order valence-electron chi connectivity index (χ0n) is 12.6. The number of hydrogen-bond acceptors (Lipinski definition) is 5. The minimum Gasteiger partial charge on any atom is -0.412 e. The van der Waals surface area contributed by atoms with Gasteiger partial charge in [-0.05, 0) is 43.3 Å². The Labute approximate surface area is 136 Å². The molecule has 6 nitrogen and oxygen atoms in total. The Hall–Kier alpha value is -3.35. The average molecular weight is 325 g/mol. The molecule has 0 radical (unpaired) electrons. The van der Waals surface area contributed by atoms with Crippen LogP contribution in [-0.4, -0.2) is 21.9 Å². The highest BCUT2D eigenvalue weighted by molar-refractivity contribution is 6.01. The molecule has 24 heavy (non-hydrogen) atoms. The van der Waals surface area contributed by atoms with Gasteiger partial charge in [-0.2, -0.15) is 0 Å². The third-order valence-corrected chi connectivity index (χ3v) is 3.27. The van der Waals surface area contributed by atoms with Crippen molar-refractivity contribution in [1.29, 1.82) is 0 Å². The summed E-state index contributed by atoms with van der Waals surface area (Å²) in [6, 6.07) is 12.3. The van der Waals surface area contributed by atoms with Crippen molar-refractivity contribution in [2.45, 2.75) is 6.92 Å². The van der Waals surface area contributed by atoms with Crippen molar-refractivity contribution in [1.82, 2.24) is 10.2 Å². The van der Waals surface area contributed by atoms with Crippen molar-refractivity contribution in [2.75, 3.05) is 5.32 Å². The number of hydrogen-bond donors (Lipinski definition) is 1. The van der Waals surface area contributed by atoms with Crippen molar-refractivity contribution >= 4 is 17.4 Å². The van der Waals surface area contributed by atoms with Crippen LogP contribution in [0.5, 0.6) is 0 Å². The maximum absolute atomic E-state index is 13.7. The third-order valence-electron chi connectivity index (χ3n) is 3.27. The second-order valence-electron chi connectivity index (χ2n) is 4.98. The third kappa shape index (κ3) is 3.19. The van der Waals surface area contributed by atoms with Gasteiger partial charge in [0.1, 0.15) is 5.82 Å². The quantitative estimate of drug-likeness (QED) is 0.744. The predicted octanol–water partition coefficient (Wildman–Crippen LogP) is 3.33. The van der Waals surface area contributed by atoms with E-state index in [1.807, 2.05) is 0 Å². The first-order valence-electron chi connectivity index (χ1n) is 7.05. The molecule has 0 spiro atoms. The van der Waals surface area contributed by atoms with Crippen LogP contribution < -0.4 is 5.32 Å². The van der Waals surface area contributed by atoms with Crippen LogP contribution >= 0.6 is 0 Å². The Kier molecular flexibility index (Phi) is 4.15. The Bertz CT molecular complexity index is 903. The molecular weight excluding hydrogens is 313 g/mol. The molecule has 2 aromatic carbocycles. The van der Waals surface area contributed by atoms with E-state index in [4.69, 9.17) is 4.42 Å². The molecule has 1 amide bonds. The van der Waals surface area contributed by atoms with Crippen LogP contribution in [0.25, 0.3) is 11.5 Å². The lowest BCUT2D eigenvalue weighted by atomic mass is 10.1. The fraction of sp³-hybridized carbons (Fsp3) is 0.0588. The van der Waals surface area contributed by atoms with Gasteiger partial charge in [0.2, 0.25) is 0 Å². The molecule has 0 unspecified atom stereocenters. The van der Waals surface area contributed by atoms with Crippen molar-refractivity contribution in [3.05, 3.63) is 65.8 Å². The van der Waals surface area contributed by atoms with Crippen molar-refractivity contribution in [2.24, 2.45) is 0 Å². The number of amides is 1. The van der Waals surface area contributed by atoms with Crippen LogP contribution in [-0.2, 0) is 0 Å². The Balaban J connectivity index is 1.76. The Morgan fingerprint density at radius 1 is 1.04 bits per heavy atom. The molecule has 1 N–H and O–H groups in total. The molecule has 0 bridgehead atoms. The van der Waals surface area contributed by atoms with E-state index in [9.17, 15) is 14.0 Å². The fourth-order valence-corrected chi connectivity index (χ4v) is 2.03. The first kappa shape index (κ1) is 15.5. The highest BCUT2D eigenvalue weighted by atomic mass is 19.1. The van der Waals surface area contributed by atoms with E-state index in [0.717, 1.165) is 0 Å². The maximum atomic E-state index is 13.7. The molecule has 120 valence electrons. The minimum atomic E-state index is -0.624. The standard InChI is InChI=1S/C17H12FN3O3/c1-10(22)11-6-8-12(9-7-11)19-15(23)17-21-20-16(24-17)13-4-2-3-5-14(13)18/h2-9H,1H3,(H,19,23). The second-order valence-corrected chi connectivity index (χ2v) is 4.98. The van der Waals surface area contributed by atoms with Gasteiger partial charge in [0, 0.05) is 11.3 Å². The van der Waals surface area contributed by atoms with Crippen LogP contribution in [0.4, 0.5) is 10.1 Å². The van der Waals surface area contributed by atoms with Gasteiger partial charge >= 0.3 is 11.8 Å². The van der Waals surface area contributed by atoms with E-state index in [1.165, 1.54) is 25.1 Å². The van der Waals surface area contributed by atoms with Gasteiger partial charge in [-0.3, -0.25) is 9.59 Å². The lowest BCUT2D eigenvalue weighted by molar-refractivity contribution is 0.0989. The monoisotopic (exact) mass is 325 g/mol. The number of benzene rings is 2. The van der Waals surface area contributed by atoms with E-state index in [2.05, 4.69) is 15.5 Å². The molecule has 0 atom stereocenters. The molecule has 0 saturated carbocycles. The number of rotatable bonds is 4. The minimum absolute atomic E-state index is 0.0701. The topological polar surface area (TPSA) is 85.1 Å². The van der Waals surface area contributed by atoms with Crippen LogP contribution in [0.2, 0.25) is 0 Å². The maximum Gasteiger partial charge on any atom is 0.313 e. The number of Topliss-reactive ketones (excluding diaryl/α,β-unsaturated/α-hetero) is 1. The molecule has 3 rings (SSSR count). The van der Waals surface area contributed by atoms with Gasteiger partial charge in [-0.15, -0.1) is 10.2 Å². The molecular formula is C17H12FN3O3. The van der Waals surface area contributed by atoms with Gasteiger partial charge in [0.05, 0.1) is 5.56 Å². The largest absolute Gasteiger partial charge is 0.412 e. The second kappa shape index (κ2) is 6.41. The number of aromatic nitrogens is 2. The van der Waals surface area contributed by atoms with E-state index in [1.54, 1.807) is 30.3 Å². The number of nitrogens with zero attached hydrogens (tertiary/aromatic N) is 2. The molecule has 3 aromatic rings. The van der Waals surface area contributed by atoms with Crippen molar-refractivity contribution in [3.63, 3.8) is 0 Å². The highest BCUT2D eigenvalue weighted by Gasteiger charge is 2.18. The first-order valence-corrected chi connectivity index (χ1v) is 7.05. The number of ketones is 1. The number of halogens is 1. The summed E-state index contributed by atoms with van der Waals surface area (Å²) in [6.07, 6.45) is 0. The summed E-state index contributed by atoms with van der Waals surface area (Å²) in [5.74, 6) is -1.58. The number of nitrogens with one attached hydrogen (secondary N) is 1. The normalized spacial score (nSPS) is 10.4. The summed E-state index contributed by atoms with van der Waals surface area (Å²) >= 11 is 0. The van der Waals surface area contributed by atoms with Crippen LogP contribution in [0.3, 0.4) is 0 Å². The molecule has 0 saturated heterocycles. The zero-order chi connectivity index (χ0) is 17.1. The first-order chi connectivity index (χ1) is 11.5. The van der Waals surface area contributed by atoms with Gasteiger partial charge in [0.15, 0.2) is 5.78 Å². The fourth-order valence-electron chi connectivity index (χ4n) is 2.03. The van der Waals surface area contributed by atoms with Crippen LogP contribution in [0, 0.1) is 5.82 Å². The van der Waals surface area contributed by atoms with Crippen molar-refractivity contribution in [3.8, 4) is 11.5 Å². The SMILES string of the molecule is CC(=O)c1ccc(NC(=O)c2nnc(-c3ccccc3F)o2)cc1. The number of carbonyl (C=O) groups is 2. The van der Waals surface area contributed by atoms with E-state index in [-0.39, 0.29) is 23.1 Å². The zero-order valence-corrected chi connectivity index (χ0v) is 12.6. The van der Waals surface area contributed by atoms with E-state index in [0.29, 0.717) is 11.3 Å². The number of carbonyl (C=O) groups excluding carboxylic acids is 2. The molecule has 1 heterocycles. The summed E-state index contributed by atoms with van der Waals surface area (Å²) < 4.78 is 18.9. The summed E-state index contributed by atoms with van der Waals surface area (Å²) in [7, 11) is 0. The summed E-state index contributed by atoms with van der Waals surface area (Å²) in [4.78, 5) is 23.3. The van der Waals surface area contributed by atoms with Gasteiger partial charge < -0.3 is 9.73 Å². The van der Waals surface area contributed by atoms with Gasteiger partial charge in [-0.25, -0.2) is 4.39 Å². The van der Waals surface area contributed by atoms with E-state index < -0.39 is 11.7 Å². The molecule has 0 aliphatic carbocycles. The molecule has 0 fully saturated rings.